The highest BCUT2D eigenvalue weighted by Crippen LogP contribution is 2.24. The second-order valence-electron chi connectivity index (χ2n) is 4.97. The average molecular weight is 335 g/mol. The van der Waals surface area contributed by atoms with E-state index in [2.05, 4.69) is 15.2 Å². The van der Waals surface area contributed by atoms with E-state index < -0.39 is 11.6 Å². The van der Waals surface area contributed by atoms with E-state index in [0.29, 0.717) is 23.2 Å². The van der Waals surface area contributed by atoms with Gasteiger partial charge in [0.1, 0.15) is 5.82 Å². The Morgan fingerprint density at radius 2 is 2.04 bits per heavy atom. The average Bonchev–Trinajstić information content (AvgIpc) is 2.99. The molecular weight excluding hydrogens is 322 g/mol. The van der Waals surface area contributed by atoms with Crippen molar-refractivity contribution in [2.24, 2.45) is 0 Å². The largest absolute Gasteiger partial charge is 0.325 e. The Hall–Kier alpha value is -2.34. The normalized spacial score (nSPS) is 11.0. The Morgan fingerprint density at radius 1 is 1.22 bits per heavy atom. The lowest BCUT2D eigenvalue weighted by atomic mass is 10.1. The van der Waals surface area contributed by atoms with Crippen molar-refractivity contribution >= 4 is 11.6 Å². The van der Waals surface area contributed by atoms with Crippen LogP contribution in [0.15, 0.2) is 36.7 Å². The molecule has 2 aromatic heterocycles. The summed E-state index contributed by atoms with van der Waals surface area (Å²) in [6.07, 6.45) is 3.97. The lowest BCUT2D eigenvalue weighted by molar-refractivity contribution is 0.510. The van der Waals surface area contributed by atoms with Crippen LogP contribution >= 0.6 is 11.6 Å². The van der Waals surface area contributed by atoms with Gasteiger partial charge in [-0.2, -0.15) is 5.10 Å². The summed E-state index contributed by atoms with van der Waals surface area (Å²) in [7, 11) is 0. The second-order valence-corrected chi connectivity index (χ2v) is 5.36. The molecule has 23 heavy (non-hydrogen) atoms. The molecule has 7 heteroatoms. The molecule has 1 aromatic carbocycles. The van der Waals surface area contributed by atoms with Crippen molar-refractivity contribution < 1.29 is 8.78 Å². The zero-order chi connectivity index (χ0) is 16.4. The zero-order valence-electron chi connectivity index (χ0n) is 12.3. The van der Waals surface area contributed by atoms with Crippen LogP contribution in [0.3, 0.4) is 0 Å². The molecule has 0 amide bonds. The number of aromatic nitrogens is 4. The van der Waals surface area contributed by atoms with Crippen LogP contribution < -0.4 is 0 Å². The van der Waals surface area contributed by atoms with Crippen molar-refractivity contribution in [3.05, 3.63) is 64.7 Å². The van der Waals surface area contributed by atoms with E-state index in [1.165, 1.54) is 18.3 Å². The molecule has 0 unspecified atom stereocenters. The van der Waals surface area contributed by atoms with Crippen molar-refractivity contribution in [2.45, 2.75) is 19.9 Å². The Bertz CT molecular complexity index is 848. The van der Waals surface area contributed by atoms with Gasteiger partial charge in [-0.3, -0.25) is 0 Å². The van der Waals surface area contributed by atoms with Gasteiger partial charge in [-0.05, 0) is 30.2 Å². The molecule has 0 radical (unpaired) electrons. The van der Waals surface area contributed by atoms with Crippen LogP contribution in [0.5, 0.6) is 0 Å². The van der Waals surface area contributed by atoms with Gasteiger partial charge in [-0.15, -0.1) is 5.10 Å². The molecule has 3 aromatic rings. The second kappa shape index (κ2) is 6.42. The molecule has 0 aliphatic carbocycles. The fourth-order valence-corrected chi connectivity index (χ4v) is 2.56. The van der Waals surface area contributed by atoms with Crippen LogP contribution in [-0.4, -0.2) is 19.7 Å². The summed E-state index contributed by atoms with van der Waals surface area (Å²) in [6.45, 7) is 2.33. The molecule has 2 heterocycles. The van der Waals surface area contributed by atoms with E-state index >= 15 is 0 Å². The summed E-state index contributed by atoms with van der Waals surface area (Å²) in [4.78, 5) is 4.14. The summed E-state index contributed by atoms with van der Waals surface area (Å²) >= 11 is 5.86. The van der Waals surface area contributed by atoms with Gasteiger partial charge in [0.05, 0.1) is 17.8 Å². The Balaban J connectivity index is 2.01. The van der Waals surface area contributed by atoms with Crippen LogP contribution in [-0.2, 0) is 13.0 Å². The van der Waals surface area contributed by atoms with E-state index in [-0.39, 0.29) is 5.56 Å². The number of benzene rings is 1. The molecule has 0 saturated carbocycles. The van der Waals surface area contributed by atoms with Gasteiger partial charge >= 0.3 is 0 Å². The molecular formula is C16H13ClF2N4. The molecule has 0 bridgehead atoms. The first-order valence-electron chi connectivity index (χ1n) is 7.06. The Kier molecular flexibility index (Phi) is 4.34. The van der Waals surface area contributed by atoms with E-state index in [1.54, 1.807) is 16.8 Å². The molecule has 0 aliphatic heterocycles. The van der Waals surface area contributed by atoms with Gasteiger partial charge in [0.2, 0.25) is 0 Å². The first-order valence-corrected chi connectivity index (χ1v) is 7.44. The van der Waals surface area contributed by atoms with Crippen molar-refractivity contribution in [3.63, 3.8) is 0 Å². The third-order valence-corrected chi connectivity index (χ3v) is 3.72. The fraction of sp³-hybridized carbons (Fsp3) is 0.188. The zero-order valence-corrected chi connectivity index (χ0v) is 13.1. The topological polar surface area (TPSA) is 43.6 Å². The van der Waals surface area contributed by atoms with E-state index in [4.69, 9.17) is 11.6 Å². The van der Waals surface area contributed by atoms with Crippen LogP contribution in [0.2, 0.25) is 5.15 Å². The number of halogens is 3. The first-order chi connectivity index (χ1) is 11.1. The smallest absolute Gasteiger partial charge is 0.169 e. The van der Waals surface area contributed by atoms with Crippen molar-refractivity contribution in [1.29, 1.82) is 0 Å². The van der Waals surface area contributed by atoms with Crippen molar-refractivity contribution in [2.75, 3.05) is 0 Å². The highest BCUT2D eigenvalue weighted by atomic mass is 35.5. The minimum atomic E-state index is -0.919. The molecule has 0 N–H and O–H groups in total. The van der Waals surface area contributed by atoms with Crippen LogP contribution in [0.25, 0.3) is 11.4 Å². The van der Waals surface area contributed by atoms with Gasteiger partial charge in [0, 0.05) is 12.4 Å². The molecule has 0 aliphatic rings. The third kappa shape index (κ3) is 3.07. The molecule has 3 rings (SSSR count). The standard InChI is InChI=1S/C16H13ClF2N4/c1-2-10-8-14(17)22-21-13(10)9-23-7-6-20-16(23)11-4-3-5-12(18)15(11)19/h3-8H,2,9H2,1H3. The summed E-state index contributed by atoms with van der Waals surface area (Å²) < 4.78 is 29.2. The van der Waals surface area contributed by atoms with Gasteiger partial charge in [0.15, 0.2) is 16.8 Å². The molecule has 0 saturated heterocycles. The SMILES string of the molecule is CCc1cc(Cl)nnc1Cn1ccnc1-c1cccc(F)c1F. The first kappa shape index (κ1) is 15.6. The molecule has 118 valence electrons. The van der Waals surface area contributed by atoms with Gasteiger partial charge in [0.25, 0.3) is 0 Å². The van der Waals surface area contributed by atoms with Gasteiger partial charge in [-0.25, -0.2) is 13.8 Å². The maximum Gasteiger partial charge on any atom is 0.169 e. The third-order valence-electron chi connectivity index (χ3n) is 3.54. The van der Waals surface area contributed by atoms with E-state index in [1.807, 2.05) is 6.92 Å². The van der Waals surface area contributed by atoms with Crippen LogP contribution in [0.1, 0.15) is 18.2 Å². The number of hydrogen-bond acceptors (Lipinski definition) is 3. The number of nitrogens with zero attached hydrogens (tertiary/aromatic N) is 4. The molecule has 4 nitrogen and oxygen atoms in total. The minimum absolute atomic E-state index is 0.106. The summed E-state index contributed by atoms with van der Waals surface area (Å²) in [5.74, 6) is -1.49. The number of hydrogen-bond donors (Lipinski definition) is 0. The van der Waals surface area contributed by atoms with E-state index in [0.717, 1.165) is 18.1 Å². The van der Waals surface area contributed by atoms with Crippen LogP contribution in [0, 0.1) is 11.6 Å². The number of aryl methyl sites for hydroxylation is 1. The summed E-state index contributed by atoms with van der Waals surface area (Å²) in [5.41, 5.74) is 1.77. The molecule has 0 fully saturated rings. The lowest BCUT2D eigenvalue weighted by Gasteiger charge is -2.11. The Labute approximate surface area is 136 Å². The molecule has 0 atom stereocenters. The summed E-state index contributed by atoms with van der Waals surface area (Å²) in [5, 5.41) is 8.28. The molecule has 0 spiro atoms. The number of rotatable bonds is 4. The quantitative estimate of drug-likeness (QED) is 0.727. The maximum atomic E-state index is 14.0. The van der Waals surface area contributed by atoms with Crippen molar-refractivity contribution in [3.8, 4) is 11.4 Å². The number of imidazole rings is 1. The van der Waals surface area contributed by atoms with Crippen LogP contribution in [0.4, 0.5) is 8.78 Å². The lowest BCUT2D eigenvalue weighted by Crippen LogP contribution is -2.08. The monoisotopic (exact) mass is 334 g/mol. The van der Waals surface area contributed by atoms with Crippen molar-refractivity contribution in [1.82, 2.24) is 19.7 Å². The predicted octanol–water partition coefficient (Wildman–Crippen LogP) is 3.88. The van der Waals surface area contributed by atoms with Gasteiger partial charge in [-0.1, -0.05) is 24.6 Å². The van der Waals surface area contributed by atoms with Gasteiger partial charge < -0.3 is 4.57 Å². The maximum absolute atomic E-state index is 14.0. The predicted molar refractivity (Wildman–Crippen MR) is 83.1 cm³/mol. The highest BCUT2D eigenvalue weighted by Gasteiger charge is 2.15. The van der Waals surface area contributed by atoms with E-state index in [9.17, 15) is 8.78 Å². The highest BCUT2D eigenvalue weighted by molar-refractivity contribution is 6.29. The minimum Gasteiger partial charge on any atom is -0.325 e. The summed E-state index contributed by atoms with van der Waals surface area (Å²) in [6, 6.07) is 5.77. The fourth-order valence-electron chi connectivity index (χ4n) is 2.39. The Morgan fingerprint density at radius 3 is 2.83 bits per heavy atom.